The van der Waals surface area contributed by atoms with Crippen LogP contribution in [0, 0.1) is 0 Å². The van der Waals surface area contributed by atoms with Crippen LogP contribution in [0.4, 0.5) is 5.69 Å². The molecule has 1 aromatic rings. The lowest BCUT2D eigenvalue weighted by atomic mass is 10.2. The number of hydrogen-bond acceptors (Lipinski definition) is 1. The zero-order chi connectivity index (χ0) is 9.14. The first-order chi connectivity index (χ1) is 5.65. The smallest absolute Gasteiger partial charge is 0.0402 e. The lowest BCUT2D eigenvalue weighted by Gasteiger charge is -2.16. The highest BCUT2D eigenvalue weighted by atomic mass is 79.9. The molecule has 1 aromatic carbocycles. The fourth-order valence-electron chi connectivity index (χ4n) is 1.10. The van der Waals surface area contributed by atoms with E-state index in [0.717, 1.165) is 9.80 Å². The second-order valence-electron chi connectivity index (χ2n) is 2.80. The Labute approximate surface area is 90.0 Å². The van der Waals surface area contributed by atoms with E-state index in [1.165, 1.54) is 11.3 Å². The Morgan fingerprint density at radius 2 is 2.00 bits per heavy atom. The second-order valence-corrected chi connectivity index (χ2v) is 4.28. The minimum atomic E-state index is 0.889. The predicted octanol–water partition coefficient (Wildman–Crippen LogP) is 3.41. The molecule has 0 bridgehead atoms. The van der Waals surface area contributed by atoms with Gasteiger partial charge in [-0.05, 0) is 23.8 Å². The van der Waals surface area contributed by atoms with E-state index in [-0.39, 0.29) is 0 Å². The van der Waals surface area contributed by atoms with Crippen molar-refractivity contribution in [3.05, 3.63) is 28.2 Å². The molecule has 3 heteroatoms. The highest BCUT2D eigenvalue weighted by Crippen LogP contribution is 2.24. The van der Waals surface area contributed by atoms with Gasteiger partial charge >= 0.3 is 0 Å². The van der Waals surface area contributed by atoms with E-state index in [4.69, 9.17) is 0 Å². The number of nitrogens with zero attached hydrogens (tertiary/aromatic N) is 1. The summed E-state index contributed by atoms with van der Waals surface area (Å²) in [5, 5.41) is 0.889. The Morgan fingerprint density at radius 3 is 2.50 bits per heavy atom. The van der Waals surface area contributed by atoms with Crippen LogP contribution in [0.25, 0.3) is 0 Å². The van der Waals surface area contributed by atoms with Crippen molar-refractivity contribution in [3.63, 3.8) is 0 Å². The topological polar surface area (TPSA) is 3.24 Å². The van der Waals surface area contributed by atoms with Gasteiger partial charge in [0.1, 0.15) is 0 Å². The van der Waals surface area contributed by atoms with Gasteiger partial charge in [-0.3, -0.25) is 0 Å². The van der Waals surface area contributed by atoms with Crippen LogP contribution in [-0.2, 0) is 5.33 Å². The van der Waals surface area contributed by atoms with E-state index < -0.39 is 0 Å². The van der Waals surface area contributed by atoms with Crippen LogP contribution in [0.2, 0.25) is 0 Å². The molecule has 0 unspecified atom stereocenters. The van der Waals surface area contributed by atoms with Gasteiger partial charge < -0.3 is 4.90 Å². The largest absolute Gasteiger partial charge is 0.377 e. The molecule has 0 aliphatic heterocycles. The van der Waals surface area contributed by atoms with Crippen molar-refractivity contribution in [2.75, 3.05) is 19.0 Å². The number of rotatable bonds is 2. The lowest BCUT2D eigenvalue weighted by molar-refractivity contribution is 1.11. The highest BCUT2D eigenvalue weighted by molar-refractivity contribution is 9.10. The normalized spacial score (nSPS) is 10.0. The summed E-state index contributed by atoms with van der Waals surface area (Å²) in [6.45, 7) is 0. The molecule has 0 spiro atoms. The number of anilines is 1. The molecular formula is C9H11Br2N. The van der Waals surface area contributed by atoms with Crippen LogP contribution in [-0.4, -0.2) is 14.1 Å². The Balaban J connectivity index is 3.11. The summed E-state index contributed by atoms with van der Waals surface area (Å²) in [4.78, 5) is 2.11. The molecule has 0 radical (unpaired) electrons. The van der Waals surface area contributed by atoms with E-state index in [9.17, 15) is 0 Å². The van der Waals surface area contributed by atoms with Gasteiger partial charge in [-0.2, -0.15) is 0 Å². The van der Waals surface area contributed by atoms with Gasteiger partial charge in [-0.1, -0.05) is 31.9 Å². The SMILES string of the molecule is CN(C)c1ccc(Br)cc1CBr. The number of hydrogen-bond donors (Lipinski definition) is 0. The summed E-state index contributed by atoms with van der Waals surface area (Å²) in [6.07, 6.45) is 0. The Kier molecular flexibility index (Phi) is 3.59. The van der Waals surface area contributed by atoms with Crippen molar-refractivity contribution in [1.29, 1.82) is 0 Å². The zero-order valence-electron chi connectivity index (χ0n) is 7.14. The van der Waals surface area contributed by atoms with Gasteiger partial charge in [0, 0.05) is 29.6 Å². The number of alkyl halides is 1. The van der Waals surface area contributed by atoms with Crippen molar-refractivity contribution in [3.8, 4) is 0 Å². The first-order valence-electron chi connectivity index (χ1n) is 3.67. The second kappa shape index (κ2) is 4.28. The zero-order valence-corrected chi connectivity index (χ0v) is 10.3. The van der Waals surface area contributed by atoms with Gasteiger partial charge in [-0.15, -0.1) is 0 Å². The van der Waals surface area contributed by atoms with Crippen LogP contribution in [0.3, 0.4) is 0 Å². The molecule has 0 aliphatic rings. The van der Waals surface area contributed by atoms with Crippen molar-refractivity contribution in [2.24, 2.45) is 0 Å². The minimum Gasteiger partial charge on any atom is -0.377 e. The minimum absolute atomic E-state index is 0.889. The van der Waals surface area contributed by atoms with Gasteiger partial charge in [-0.25, -0.2) is 0 Å². The van der Waals surface area contributed by atoms with Gasteiger partial charge in [0.05, 0.1) is 0 Å². The standard InChI is InChI=1S/C9H11Br2N/c1-12(2)9-4-3-8(11)5-7(9)6-10/h3-5H,6H2,1-2H3. The summed E-state index contributed by atoms with van der Waals surface area (Å²) >= 11 is 6.91. The molecule has 0 heterocycles. The first-order valence-corrected chi connectivity index (χ1v) is 5.58. The molecule has 1 nitrogen and oxygen atoms in total. The first kappa shape index (κ1) is 10.1. The van der Waals surface area contributed by atoms with Crippen LogP contribution in [0.5, 0.6) is 0 Å². The molecule has 0 saturated carbocycles. The Hall–Kier alpha value is -0.0200. The lowest BCUT2D eigenvalue weighted by Crippen LogP contribution is -2.10. The quantitative estimate of drug-likeness (QED) is 0.755. The molecule has 0 aliphatic carbocycles. The molecule has 0 aromatic heterocycles. The van der Waals surface area contributed by atoms with Crippen LogP contribution < -0.4 is 4.90 Å². The van der Waals surface area contributed by atoms with Crippen molar-refractivity contribution in [2.45, 2.75) is 5.33 Å². The maximum absolute atomic E-state index is 3.46. The molecule has 0 saturated heterocycles. The van der Waals surface area contributed by atoms with E-state index in [2.05, 4.69) is 69.1 Å². The molecule has 0 amide bonds. The van der Waals surface area contributed by atoms with Gasteiger partial charge in [0.2, 0.25) is 0 Å². The molecule has 12 heavy (non-hydrogen) atoms. The highest BCUT2D eigenvalue weighted by Gasteiger charge is 2.02. The van der Waals surface area contributed by atoms with Gasteiger partial charge in [0.15, 0.2) is 0 Å². The van der Waals surface area contributed by atoms with Crippen molar-refractivity contribution in [1.82, 2.24) is 0 Å². The molecular weight excluding hydrogens is 282 g/mol. The van der Waals surface area contributed by atoms with Crippen LogP contribution in [0.1, 0.15) is 5.56 Å². The maximum Gasteiger partial charge on any atom is 0.0402 e. The molecule has 66 valence electrons. The summed E-state index contributed by atoms with van der Waals surface area (Å²) in [6, 6.07) is 6.30. The predicted molar refractivity (Wildman–Crippen MR) is 61.1 cm³/mol. The fraction of sp³-hybridized carbons (Fsp3) is 0.333. The van der Waals surface area contributed by atoms with E-state index in [0.29, 0.717) is 0 Å². The third kappa shape index (κ3) is 2.23. The van der Waals surface area contributed by atoms with E-state index in [1.807, 2.05) is 0 Å². The molecule has 0 fully saturated rings. The van der Waals surface area contributed by atoms with Crippen LogP contribution in [0.15, 0.2) is 22.7 Å². The van der Waals surface area contributed by atoms with E-state index >= 15 is 0 Å². The molecule has 1 rings (SSSR count). The summed E-state index contributed by atoms with van der Waals surface area (Å²) < 4.78 is 1.13. The summed E-state index contributed by atoms with van der Waals surface area (Å²) in [7, 11) is 4.10. The molecule has 0 atom stereocenters. The van der Waals surface area contributed by atoms with Gasteiger partial charge in [0.25, 0.3) is 0 Å². The average molecular weight is 293 g/mol. The summed E-state index contributed by atoms with van der Waals surface area (Å²) in [5.41, 5.74) is 2.56. The molecule has 0 N–H and O–H groups in total. The van der Waals surface area contributed by atoms with Crippen LogP contribution >= 0.6 is 31.9 Å². The van der Waals surface area contributed by atoms with Crippen molar-refractivity contribution < 1.29 is 0 Å². The van der Waals surface area contributed by atoms with Crippen molar-refractivity contribution >= 4 is 37.5 Å². The number of benzene rings is 1. The third-order valence-electron chi connectivity index (χ3n) is 1.67. The average Bonchev–Trinajstić information content (AvgIpc) is 2.03. The summed E-state index contributed by atoms with van der Waals surface area (Å²) in [5.74, 6) is 0. The Bertz CT molecular complexity index is 271. The van der Waals surface area contributed by atoms with E-state index in [1.54, 1.807) is 0 Å². The maximum atomic E-state index is 3.46. The third-order valence-corrected chi connectivity index (χ3v) is 2.76. The fourth-order valence-corrected chi connectivity index (χ4v) is 1.96. The monoisotopic (exact) mass is 291 g/mol. The Morgan fingerprint density at radius 1 is 1.33 bits per heavy atom. The number of halogens is 2.